The topological polar surface area (TPSA) is 37.3 Å². The smallest absolute Gasteiger partial charge is 0.303 e. The lowest BCUT2D eigenvalue weighted by Gasteiger charge is -1.94. The van der Waals surface area contributed by atoms with E-state index in [0.717, 1.165) is 19.0 Å². The molecule has 0 aliphatic carbocycles. The summed E-state index contributed by atoms with van der Waals surface area (Å²) in [5.74, 6) is -0.681. The summed E-state index contributed by atoms with van der Waals surface area (Å²) in [5.41, 5.74) is 0. The van der Waals surface area contributed by atoms with E-state index >= 15 is 0 Å². The Labute approximate surface area is 103 Å². The van der Waals surface area contributed by atoms with Crippen molar-refractivity contribution in [3.63, 3.8) is 0 Å². The van der Waals surface area contributed by atoms with Crippen LogP contribution >= 0.6 is 8.58 Å². The third kappa shape index (κ3) is 7.52. The van der Waals surface area contributed by atoms with Crippen LogP contribution < -0.4 is 22.3 Å². The van der Waals surface area contributed by atoms with Crippen molar-refractivity contribution in [2.45, 2.75) is 19.3 Å². The molecular formula is C11H16BrO2P. The molecule has 0 saturated carbocycles. The summed E-state index contributed by atoms with van der Waals surface area (Å²) in [4.78, 5) is 10.2. The second-order valence-corrected chi connectivity index (χ2v) is 4.91. The number of carboxylic acids is 1. The van der Waals surface area contributed by atoms with Gasteiger partial charge in [0.25, 0.3) is 0 Å². The predicted molar refractivity (Wildman–Crippen MR) is 62.1 cm³/mol. The van der Waals surface area contributed by atoms with Gasteiger partial charge in [-0.15, -0.1) is 0 Å². The molecule has 0 aliphatic rings. The third-order valence-corrected chi connectivity index (χ3v) is 3.58. The van der Waals surface area contributed by atoms with E-state index in [4.69, 9.17) is 5.11 Å². The van der Waals surface area contributed by atoms with E-state index < -0.39 is 5.97 Å². The van der Waals surface area contributed by atoms with Crippen molar-refractivity contribution in [1.29, 1.82) is 0 Å². The van der Waals surface area contributed by atoms with E-state index in [2.05, 4.69) is 24.3 Å². The third-order valence-electron chi connectivity index (χ3n) is 2.02. The largest absolute Gasteiger partial charge is 1.00 e. The zero-order chi connectivity index (χ0) is 10.2. The molecule has 1 N–H and O–H groups in total. The summed E-state index contributed by atoms with van der Waals surface area (Å²) < 4.78 is 0. The van der Waals surface area contributed by atoms with Gasteiger partial charge in [0.2, 0.25) is 0 Å². The Morgan fingerprint density at radius 1 is 1.20 bits per heavy atom. The summed E-state index contributed by atoms with van der Waals surface area (Å²) >= 11 is 0. The molecule has 1 aromatic rings. The van der Waals surface area contributed by atoms with Crippen molar-refractivity contribution in [3.8, 4) is 0 Å². The molecule has 0 fully saturated rings. The lowest BCUT2D eigenvalue weighted by Crippen LogP contribution is -3.00. The number of hydrogen-bond acceptors (Lipinski definition) is 1. The molecule has 1 unspecified atom stereocenters. The molecule has 0 saturated heterocycles. The quantitative estimate of drug-likeness (QED) is 0.538. The molecule has 0 amide bonds. The highest BCUT2D eigenvalue weighted by atomic mass is 79.9. The normalized spacial score (nSPS) is 10.1. The van der Waals surface area contributed by atoms with Gasteiger partial charge in [-0.3, -0.25) is 4.79 Å². The molecule has 2 nitrogen and oxygen atoms in total. The predicted octanol–water partition coefficient (Wildman–Crippen LogP) is -1.02. The van der Waals surface area contributed by atoms with Crippen molar-refractivity contribution in [3.05, 3.63) is 30.3 Å². The van der Waals surface area contributed by atoms with Gasteiger partial charge in [0.15, 0.2) is 0 Å². The molecule has 0 bridgehead atoms. The van der Waals surface area contributed by atoms with Crippen LogP contribution in [0.3, 0.4) is 0 Å². The maximum atomic E-state index is 10.2. The van der Waals surface area contributed by atoms with Crippen molar-refractivity contribution in [2.24, 2.45) is 0 Å². The Morgan fingerprint density at radius 2 is 1.87 bits per heavy atom. The standard InChI is InChI=1S/C11H15O2P.BrH/c12-11(13)8-4-5-9-14-10-6-2-1-3-7-10;/h1-3,6-7,14H,4-5,8-9H2,(H,12,13);1H. The molecule has 4 heteroatoms. The molecule has 1 aromatic carbocycles. The van der Waals surface area contributed by atoms with E-state index in [0.29, 0.717) is 15.0 Å². The number of hydrogen-bond donors (Lipinski definition) is 1. The fourth-order valence-electron chi connectivity index (χ4n) is 1.28. The molecule has 84 valence electrons. The van der Waals surface area contributed by atoms with E-state index in [1.54, 1.807) is 0 Å². The van der Waals surface area contributed by atoms with Crippen LogP contribution in [-0.4, -0.2) is 17.2 Å². The molecule has 1 atom stereocenters. The van der Waals surface area contributed by atoms with Crippen LogP contribution in [-0.2, 0) is 4.79 Å². The number of carbonyl (C=O) groups is 1. The van der Waals surface area contributed by atoms with Crippen LogP contribution in [0.2, 0.25) is 0 Å². The summed E-state index contributed by atoms with van der Waals surface area (Å²) in [6.45, 7) is 0. The van der Waals surface area contributed by atoms with E-state index in [1.165, 1.54) is 5.30 Å². The van der Waals surface area contributed by atoms with Crippen LogP contribution in [0.25, 0.3) is 0 Å². The first-order valence-corrected chi connectivity index (χ1v) is 6.28. The van der Waals surface area contributed by atoms with E-state index in [-0.39, 0.29) is 17.0 Å². The average Bonchev–Trinajstić information content (AvgIpc) is 2.18. The summed E-state index contributed by atoms with van der Waals surface area (Å²) in [6, 6.07) is 10.4. The number of unbranched alkanes of at least 4 members (excludes halogenated alkanes) is 1. The average molecular weight is 291 g/mol. The van der Waals surface area contributed by atoms with E-state index in [1.807, 2.05) is 6.07 Å². The summed E-state index contributed by atoms with van der Waals surface area (Å²) in [7, 11) is 0.333. The zero-order valence-corrected chi connectivity index (χ0v) is 11.3. The molecule has 0 aliphatic heterocycles. The fourth-order valence-corrected chi connectivity index (χ4v) is 2.60. The van der Waals surface area contributed by atoms with Crippen LogP contribution in [0.4, 0.5) is 0 Å². The monoisotopic (exact) mass is 290 g/mol. The molecule has 0 spiro atoms. The molecule has 1 rings (SSSR count). The van der Waals surface area contributed by atoms with Gasteiger partial charge < -0.3 is 22.1 Å². The molecule has 15 heavy (non-hydrogen) atoms. The van der Waals surface area contributed by atoms with E-state index in [9.17, 15) is 4.79 Å². The Hall–Kier alpha value is -0.400. The molecule has 0 aromatic heterocycles. The zero-order valence-electron chi connectivity index (χ0n) is 8.53. The molecule has 0 heterocycles. The minimum atomic E-state index is -0.681. The lowest BCUT2D eigenvalue weighted by molar-refractivity contribution is -0.137. The Kier molecular flexibility index (Phi) is 8.64. The SMILES string of the molecule is O=C(O)CCCC[PH2+]c1ccccc1.[Br-]. The number of aliphatic carboxylic acids is 1. The Morgan fingerprint density at radius 3 is 2.47 bits per heavy atom. The number of rotatable bonds is 6. The second kappa shape index (κ2) is 8.87. The van der Waals surface area contributed by atoms with Gasteiger partial charge >= 0.3 is 5.97 Å². The highest BCUT2D eigenvalue weighted by Crippen LogP contribution is 2.12. The van der Waals surface area contributed by atoms with Gasteiger partial charge in [0.1, 0.15) is 0 Å². The van der Waals surface area contributed by atoms with Gasteiger partial charge in [-0.25, -0.2) is 0 Å². The minimum Gasteiger partial charge on any atom is -1.00 e. The van der Waals surface area contributed by atoms with Gasteiger partial charge in [-0.2, -0.15) is 0 Å². The van der Waals surface area contributed by atoms with Crippen LogP contribution in [0, 0.1) is 0 Å². The summed E-state index contributed by atoms with van der Waals surface area (Å²) in [6.07, 6.45) is 3.33. The van der Waals surface area contributed by atoms with Gasteiger partial charge in [-0.1, -0.05) is 18.2 Å². The van der Waals surface area contributed by atoms with Crippen molar-refractivity contribution < 1.29 is 26.9 Å². The van der Waals surface area contributed by atoms with Crippen LogP contribution in [0.5, 0.6) is 0 Å². The Bertz CT molecular complexity index is 277. The maximum absolute atomic E-state index is 10.2. The number of carboxylic acid groups (broad SMARTS) is 1. The van der Waals surface area contributed by atoms with Gasteiger partial charge in [-0.05, 0) is 25.0 Å². The molecular weight excluding hydrogens is 275 g/mol. The van der Waals surface area contributed by atoms with Crippen LogP contribution in [0.1, 0.15) is 19.3 Å². The maximum Gasteiger partial charge on any atom is 0.303 e. The van der Waals surface area contributed by atoms with Gasteiger partial charge in [0.05, 0.1) is 11.5 Å². The van der Waals surface area contributed by atoms with Crippen molar-refractivity contribution >= 4 is 19.9 Å². The van der Waals surface area contributed by atoms with Gasteiger partial charge in [0, 0.05) is 15.0 Å². The summed E-state index contributed by atoms with van der Waals surface area (Å²) in [5, 5.41) is 9.86. The van der Waals surface area contributed by atoms with Crippen molar-refractivity contribution in [1.82, 2.24) is 0 Å². The number of benzene rings is 1. The molecule has 0 radical (unpaired) electrons. The first-order valence-electron chi connectivity index (χ1n) is 4.89. The lowest BCUT2D eigenvalue weighted by atomic mass is 10.2. The highest BCUT2D eigenvalue weighted by molar-refractivity contribution is 7.47. The fraction of sp³-hybridized carbons (Fsp3) is 0.364. The van der Waals surface area contributed by atoms with Crippen molar-refractivity contribution in [2.75, 3.05) is 6.16 Å². The highest BCUT2D eigenvalue weighted by Gasteiger charge is 2.00. The second-order valence-electron chi connectivity index (χ2n) is 3.25. The Balaban J connectivity index is 0.00000196. The first kappa shape index (κ1) is 14.6. The van der Waals surface area contributed by atoms with Crippen LogP contribution in [0.15, 0.2) is 30.3 Å². The first-order chi connectivity index (χ1) is 6.79. The number of halogens is 1. The minimum absolute atomic E-state index is 0.